The van der Waals surface area contributed by atoms with E-state index in [0.29, 0.717) is 12.0 Å². The van der Waals surface area contributed by atoms with Gasteiger partial charge in [0.15, 0.2) is 0 Å². The molecule has 0 spiro atoms. The first-order valence-electron chi connectivity index (χ1n) is 5.93. The van der Waals surface area contributed by atoms with E-state index in [2.05, 4.69) is 4.90 Å². The molecule has 0 aromatic heterocycles. The van der Waals surface area contributed by atoms with Gasteiger partial charge in [-0.1, -0.05) is 0 Å². The fourth-order valence-electron chi connectivity index (χ4n) is 2.78. The largest absolute Gasteiger partial charge is 0.381 e. The number of nitrogens with zero attached hydrogens (tertiary/aromatic N) is 1. The average molecular weight is 198 g/mol. The first kappa shape index (κ1) is 10.4. The Morgan fingerprint density at radius 1 is 1.29 bits per heavy atom. The number of hydrogen-bond donors (Lipinski definition) is 1. The third kappa shape index (κ3) is 2.27. The Morgan fingerprint density at radius 3 is 2.64 bits per heavy atom. The zero-order valence-electron chi connectivity index (χ0n) is 8.95. The lowest BCUT2D eigenvalue weighted by Crippen LogP contribution is -2.46. The Hall–Kier alpha value is -0.120. The van der Waals surface area contributed by atoms with E-state index in [0.717, 1.165) is 19.8 Å². The maximum atomic E-state index is 5.89. The summed E-state index contributed by atoms with van der Waals surface area (Å²) in [4.78, 5) is 2.57. The third-order valence-corrected chi connectivity index (χ3v) is 3.59. The second-order valence-electron chi connectivity index (χ2n) is 4.52. The van der Waals surface area contributed by atoms with Crippen LogP contribution in [0.1, 0.15) is 25.7 Å². The highest BCUT2D eigenvalue weighted by molar-refractivity contribution is 4.84. The van der Waals surface area contributed by atoms with Crippen molar-refractivity contribution < 1.29 is 4.74 Å². The first-order valence-corrected chi connectivity index (χ1v) is 5.93. The van der Waals surface area contributed by atoms with E-state index in [4.69, 9.17) is 10.5 Å². The number of likely N-dealkylation sites (tertiary alicyclic amines) is 1. The number of rotatable bonds is 3. The van der Waals surface area contributed by atoms with E-state index in [9.17, 15) is 0 Å². The van der Waals surface area contributed by atoms with Crippen molar-refractivity contribution in [3.63, 3.8) is 0 Å². The molecular formula is C11H22N2O. The van der Waals surface area contributed by atoms with E-state index >= 15 is 0 Å². The third-order valence-electron chi connectivity index (χ3n) is 3.59. The van der Waals surface area contributed by atoms with Crippen LogP contribution in [0, 0.1) is 5.92 Å². The molecule has 0 aliphatic carbocycles. The fraction of sp³-hybridized carbons (Fsp3) is 1.00. The quantitative estimate of drug-likeness (QED) is 0.730. The van der Waals surface area contributed by atoms with Crippen molar-refractivity contribution in [2.45, 2.75) is 31.7 Å². The molecule has 2 aliphatic rings. The van der Waals surface area contributed by atoms with E-state index in [1.165, 1.54) is 38.8 Å². The van der Waals surface area contributed by atoms with Crippen molar-refractivity contribution in [1.82, 2.24) is 4.90 Å². The van der Waals surface area contributed by atoms with Gasteiger partial charge in [-0.25, -0.2) is 0 Å². The molecule has 2 rings (SSSR count). The summed E-state index contributed by atoms with van der Waals surface area (Å²) in [5, 5.41) is 0. The molecule has 0 radical (unpaired) electrons. The molecular weight excluding hydrogens is 176 g/mol. The van der Waals surface area contributed by atoms with Gasteiger partial charge < -0.3 is 10.5 Å². The van der Waals surface area contributed by atoms with Gasteiger partial charge in [0.05, 0.1) is 6.61 Å². The molecule has 3 heteroatoms. The molecule has 2 aliphatic heterocycles. The zero-order valence-corrected chi connectivity index (χ0v) is 8.95. The SMILES string of the molecule is NCC(C1CCCOC1)N1CCCC1. The smallest absolute Gasteiger partial charge is 0.0509 e. The minimum Gasteiger partial charge on any atom is -0.381 e. The maximum absolute atomic E-state index is 5.89. The van der Waals surface area contributed by atoms with Crippen molar-refractivity contribution in [1.29, 1.82) is 0 Å². The molecule has 2 atom stereocenters. The average Bonchev–Trinajstić information content (AvgIpc) is 2.74. The Kier molecular flexibility index (Phi) is 3.79. The fourth-order valence-corrected chi connectivity index (χ4v) is 2.78. The molecule has 0 saturated carbocycles. The number of hydrogen-bond acceptors (Lipinski definition) is 3. The van der Waals surface area contributed by atoms with Gasteiger partial charge in [-0.2, -0.15) is 0 Å². The first-order chi connectivity index (χ1) is 6.92. The summed E-state index contributed by atoms with van der Waals surface area (Å²) in [6, 6.07) is 0.581. The van der Waals surface area contributed by atoms with Crippen LogP contribution in [-0.2, 0) is 4.74 Å². The molecule has 0 amide bonds. The number of nitrogens with two attached hydrogens (primary N) is 1. The Labute approximate surface area is 86.6 Å². The van der Waals surface area contributed by atoms with Gasteiger partial charge in [0.1, 0.15) is 0 Å². The highest BCUT2D eigenvalue weighted by Crippen LogP contribution is 2.23. The van der Waals surface area contributed by atoms with Gasteiger partial charge in [0.25, 0.3) is 0 Å². The summed E-state index contributed by atoms with van der Waals surface area (Å²) in [7, 11) is 0. The minimum atomic E-state index is 0.581. The highest BCUT2D eigenvalue weighted by atomic mass is 16.5. The van der Waals surface area contributed by atoms with Crippen molar-refractivity contribution in [2.24, 2.45) is 11.7 Å². The molecule has 3 nitrogen and oxygen atoms in total. The topological polar surface area (TPSA) is 38.5 Å². The molecule has 0 aromatic carbocycles. The summed E-state index contributed by atoms with van der Waals surface area (Å²) in [5.41, 5.74) is 5.89. The van der Waals surface area contributed by atoms with Gasteiger partial charge in [0, 0.05) is 19.2 Å². The van der Waals surface area contributed by atoms with Gasteiger partial charge in [0.2, 0.25) is 0 Å². The Morgan fingerprint density at radius 2 is 2.07 bits per heavy atom. The van der Waals surface area contributed by atoms with Crippen LogP contribution in [-0.4, -0.2) is 43.8 Å². The van der Waals surface area contributed by atoms with Crippen LogP contribution in [0.2, 0.25) is 0 Å². The van der Waals surface area contributed by atoms with Crippen molar-refractivity contribution in [3.8, 4) is 0 Å². The lowest BCUT2D eigenvalue weighted by Gasteiger charge is -2.35. The lowest BCUT2D eigenvalue weighted by atomic mass is 9.93. The van der Waals surface area contributed by atoms with Crippen molar-refractivity contribution >= 4 is 0 Å². The predicted octanol–water partition coefficient (Wildman–Crippen LogP) is 0.836. The summed E-state index contributed by atoms with van der Waals surface area (Å²) in [6.07, 6.45) is 5.22. The van der Waals surface area contributed by atoms with E-state index in [1.54, 1.807) is 0 Å². The molecule has 2 heterocycles. The lowest BCUT2D eigenvalue weighted by molar-refractivity contribution is 0.0168. The van der Waals surface area contributed by atoms with Gasteiger partial charge in [-0.05, 0) is 44.7 Å². The van der Waals surface area contributed by atoms with E-state index < -0.39 is 0 Å². The van der Waals surface area contributed by atoms with Crippen LogP contribution in [0.4, 0.5) is 0 Å². The minimum absolute atomic E-state index is 0.581. The van der Waals surface area contributed by atoms with Crippen molar-refractivity contribution in [3.05, 3.63) is 0 Å². The Balaban J connectivity index is 1.89. The van der Waals surface area contributed by atoms with Gasteiger partial charge >= 0.3 is 0 Å². The molecule has 2 saturated heterocycles. The molecule has 2 N–H and O–H groups in total. The van der Waals surface area contributed by atoms with Crippen LogP contribution in [0.5, 0.6) is 0 Å². The van der Waals surface area contributed by atoms with Gasteiger partial charge in [-0.15, -0.1) is 0 Å². The second-order valence-corrected chi connectivity index (χ2v) is 4.52. The molecule has 2 unspecified atom stereocenters. The Bertz CT molecular complexity index is 163. The predicted molar refractivity (Wildman–Crippen MR) is 57.2 cm³/mol. The van der Waals surface area contributed by atoms with Crippen molar-refractivity contribution in [2.75, 3.05) is 32.8 Å². The van der Waals surface area contributed by atoms with Crippen LogP contribution < -0.4 is 5.73 Å². The van der Waals surface area contributed by atoms with Crippen LogP contribution in [0.25, 0.3) is 0 Å². The molecule has 82 valence electrons. The normalized spacial score (nSPS) is 31.9. The van der Waals surface area contributed by atoms with Crippen LogP contribution >= 0.6 is 0 Å². The highest BCUT2D eigenvalue weighted by Gasteiger charge is 2.29. The van der Waals surface area contributed by atoms with Crippen LogP contribution in [0.15, 0.2) is 0 Å². The standard InChI is InChI=1S/C11H22N2O/c12-8-11(13-5-1-2-6-13)10-4-3-7-14-9-10/h10-11H,1-9,12H2. The monoisotopic (exact) mass is 198 g/mol. The number of ether oxygens (including phenoxy) is 1. The summed E-state index contributed by atoms with van der Waals surface area (Å²) < 4.78 is 5.54. The van der Waals surface area contributed by atoms with Crippen LogP contribution in [0.3, 0.4) is 0 Å². The molecule has 2 fully saturated rings. The van der Waals surface area contributed by atoms with Gasteiger partial charge in [-0.3, -0.25) is 4.90 Å². The van der Waals surface area contributed by atoms with E-state index in [-0.39, 0.29) is 0 Å². The summed E-state index contributed by atoms with van der Waals surface area (Å²) in [5.74, 6) is 0.687. The van der Waals surface area contributed by atoms with E-state index in [1.807, 2.05) is 0 Å². The summed E-state index contributed by atoms with van der Waals surface area (Å²) in [6.45, 7) is 5.18. The summed E-state index contributed by atoms with van der Waals surface area (Å²) >= 11 is 0. The molecule has 0 aromatic rings. The maximum Gasteiger partial charge on any atom is 0.0509 e. The molecule has 0 bridgehead atoms. The zero-order chi connectivity index (χ0) is 9.80. The second kappa shape index (κ2) is 5.10. The molecule has 14 heavy (non-hydrogen) atoms.